The second-order valence-electron chi connectivity index (χ2n) is 6.83. The van der Waals surface area contributed by atoms with Crippen LogP contribution in [0, 0.1) is 6.92 Å². The highest BCUT2D eigenvalue weighted by Crippen LogP contribution is 2.23. The van der Waals surface area contributed by atoms with E-state index in [4.69, 9.17) is 0 Å². The van der Waals surface area contributed by atoms with Gasteiger partial charge in [-0.15, -0.1) is 11.3 Å². The van der Waals surface area contributed by atoms with E-state index in [1.54, 1.807) is 22.4 Å². The molecule has 146 valence electrons. The Labute approximate surface area is 164 Å². The SMILES string of the molecule is CCC(C)c1ccc(S(=O)(=O)N2CCN(C(=O)c3csc(C)n3)CC2)cc1. The van der Waals surface area contributed by atoms with Gasteiger partial charge in [0.1, 0.15) is 5.69 Å². The van der Waals surface area contributed by atoms with Gasteiger partial charge in [0.2, 0.25) is 10.0 Å². The van der Waals surface area contributed by atoms with Gasteiger partial charge in [-0.05, 0) is 37.0 Å². The third-order valence-electron chi connectivity index (χ3n) is 5.06. The molecule has 1 unspecified atom stereocenters. The second-order valence-corrected chi connectivity index (χ2v) is 9.83. The number of hydrogen-bond donors (Lipinski definition) is 0. The molecule has 0 radical (unpaired) electrons. The number of nitrogens with zero attached hydrogens (tertiary/aromatic N) is 3. The Morgan fingerprint density at radius 2 is 1.81 bits per heavy atom. The molecule has 0 N–H and O–H groups in total. The summed E-state index contributed by atoms with van der Waals surface area (Å²) < 4.78 is 27.3. The van der Waals surface area contributed by atoms with Gasteiger partial charge in [0.05, 0.1) is 9.90 Å². The lowest BCUT2D eigenvalue weighted by Crippen LogP contribution is -2.50. The molecule has 0 bridgehead atoms. The molecule has 0 aliphatic carbocycles. The van der Waals surface area contributed by atoms with Gasteiger partial charge in [0.25, 0.3) is 5.91 Å². The lowest BCUT2D eigenvalue weighted by Gasteiger charge is -2.33. The lowest BCUT2D eigenvalue weighted by molar-refractivity contribution is 0.0692. The molecular weight excluding hydrogens is 382 g/mol. The van der Waals surface area contributed by atoms with E-state index in [-0.39, 0.29) is 5.91 Å². The van der Waals surface area contributed by atoms with E-state index in [1.165, 1.54) is 15.6 Å². The molecule has 1 aromatic carbocycles. The first-order valence-electron chi connectivity index (χ1n) is 9.14. The Kier molecular flexibility index (Phi) is 5.98. The van der Waals surface area contributed by atoms with E-state index in [0.29, 0.717) is 42.7 Å². The standard InChI is InChI=1S/C19H25N3O3S2/c1-4-14(2)16-5-7-17(8-6-16)27(24,25)22-11-9-21(10-12-22)19(23)18-13-26-15(3)20-18/h5-8,13-14H,4,9-12H2,1-3H3. The van der Waals surface area contributed by atoms with Crippen LogP contribution in [0.3, 0.4) is 0 Å². The zero-order chi connectivity index (χ0) is 19.6. The molecule has 1 aromatic heterocycles. The largest absolute Gasteiger partial charge is 0.335 e. The third kappa shape index (κ3) is 4.23. The van der Waals surface area contributed by atoms with Crippen molar-refractivity contribution in [1.82, 2.24) is 14.2 Å². The van der Waals surface area contributed by atoms with Crippen molar-refractivity contribution in [2.75, 3.05) is 26.2 Å². The van der Waals surface area contributed by atoms with Crippen LogP contribution in [0.5, 0.6) is 0 Å². The number of piperazine rings is 1. The van der Waals surface area contributed by atoms with E-state index in [1.807, 2.05) is 19.1 Å². The number of amides is 1. The molecule has 0 spiro atoms. The Morgan fingerprint density at radius 1 is 1.19 bits per heavy atom. The molecule has 27 heavy (non-hydrogen) atoms. The van der Waals surface area contributed by atoms with E-state index in [9.17, 15) is 13.2 Å². The van der Waals surface area contributed by atoms with Crippen molar-refractivity contribution in [1.29, 1.82) is 0 Å². The molecule has 2 heterocycles. The summed E-state index contributed by atoms with van der Waals surface area (Å²) in [6.45, 7) is 7.44. The van der Waals surface area contributed by atoms with Crippen molar-refractivity contribution in [3.63, 3.8) is 0 Å². The second kappa shape index (κ2) is 8.08. The minimum atomic E-state index is -3.54. The summed E-state index contributed by atoms with van der Waals surface area (Å²) >= 11 is 1.44. The summed E-state index contributed by atoms with van der Waals surface area (Å²) in [6.07, 6.45) is 1.01. The van der Waals surface area contributed by atoms with Gasteiger partial charge >= 0.3 is 0 Å². The summed E-state index contributed by atoms with van der Waals surface area (Å²) in [5, 5.41) is 2.60. The summed E-state index contributed by atoms with van der Waals surface area (Å²) in [5.41, 5.74) is 1.58. The van der Waals surface area contributed by atoms with Gasteiger partial charge in [0, 0.05) is 31.6 Å². The van der Waals surface area contributed by atoms with Crippen LogP contribution in [0.25, 0.3) is 0 Å². The quantitative estimate of drug-likeness (QED) is 0.764. The molecule has 0 saturated carbocycles. The fourth-order valence-electron chi connectivity index (χ4n) is 3.11. The molecule has 1 saturated heterocycles. The average molecular weight is 408 g/mol. The number of sulfonamides is 1. The van der Waals surface area contributed by atoms with Crippen molar-refractivity contribution in [2.45, 2.75) is 38.0 Å². The molecular formula is C19H25N3O3S2. The minimum absolute atomic E-state index is 0.130. The van der Waals surface area contributed by atoms with Gasteiger partial charge in [-0.2, -0.15) is 4.31 Å². The highest BCUT2D eigenvalue weighted by Gasteiger charge is 2.31. The summed E-state index contributed by atoms with van der Waals surface area (Å²) in [5.74, 6) is 0.278. The zero-order valence-electron chi connectivity index (χ0n) is 15.9. The first-order chi connectivity index (χ1) is 12.8. The van der Waals surface area contributed by atoms with Crippen molar-refractivity contribution in [2.24, 2.45) is 0 Å². The Bertz CT molecular complexity index is 899. The number of hydrogen-bond acceptors (Lipinski definition) is 5. The highest BCUT2D eigenvalue weighted by molar-refractivity contribution is 7.89. The number of carbonyl (C=O) groups excluding carboxylic acids is 1. The van der Waals surface area contributed by atoms with E-state index >= 15 is 0 Å². The first kappa shape index (κ1) is 20.0. The Balaban J connectivity index is 1.66. The number of aryl methyl sites for hydroxylation is 1. The molecule has 1 atom stereocenters. The number of rotatable bonds is 5. The molecule has 1 amide bonds. The van der Waals surface area contributed by atoms with Crippen LogP contribution in [-0.2, 0) is 10.0 Å². The Morgan fingerprint density at radius 3 is 2.33 bits per heavy atom. The first-order valence-corrected chi connectivity index (χ1v) is 11.5. The number of benzene rings is 1. The lowest BCUT2D eigenvalue weighted by atomic mass is 9.99. The van der Waals surface area contributed by atoms with E-state index in [2.05, 4.69) is 18.8 Å². The topological polar surface area (TPSA) is 70.6 Å². The smallest absolute Gasteiger partial charge is 0.273 e. The van der Waals surface area contributed by atoms with Crippen LogP contribution in [0.2, 0.25) is 0 Å². The van der Waals surface area contributed by atoms with Crippen molar-refractivity contribution in [3.8, 4) is 0 Å². The van der Waals surface area contributed by atoms with Gasteiger partial charge < -0.3 is 4.90 Å². The van der Waals surface area contributed by atoms with Gasteiger partial charge in [0.15, 0.2) is 0 Å². The molecule has 1 aliphatic rings. The molecule has 1 aliphatic heterocycles. The Hall–Kier alpha value is -1.77. The van der Waals surface area contributed by atoms with Gasteiger partial charge in [-0.3, -0.25) is 4.79 Å². The van der Waals surface area contributed by atoms with Gasteiger partial charge in [-0.25, -0.2) is 13.4 Å². The van der Waals surface area contributed by atoms with Crippen molar-refractivity contribution >= 4 is 27.3 Å². The predicted octanol–water partition coefficient (Wildman–Crippen LogP) is 3.11. The summed E-state index contributed by atoms with van der Waals surface area (Å²) in [6, 6.07) is 7.16. The average Bonchev–Trinajstić information content (AvgIpc) is 3.13. The monoisotopic (exact) mass is 407 g/mol. The fraction of sp³-hybridized carbons (Fsp3) is 0.474. The zero-order valence-corrected chi connectivity index (χ0v) is 17.5. The van der Waals surface area contributed by atoms with Crippen molar-refractivity contribution < 1.29 is 13.2 Å². The number of carbonyl (C=O) groups is 1. The maximum Gasteiger partial charge on any atom is 0.273 e. The van der Waals surface area contributed by atoms with Crippen LogP contribution in [0.4, 0.5) is 0 Å². The maximum absolute atomic E-state index is 12.9. The molecule has 8 heteroatoms. The normalized spacial score (nSPS) is 17.1. The molecule has 3 rings (SSSR count). The molecule has 2 aromatic rings. The van der Waals surface area contributed by atoms with Crippen LogP contribution < -0.4 is 0 Å². The summed E-state index contributed by atoms with van der Waals surface area (Å²) in [4.78, 5) is 18.7. The number of aromatic nitrogens is 1. The van der Waals surface area contributed by atoms with Crippen LogP contribution in [0.15, 0.2) is 34.5 Å². The molecule has 1 fully saturated rings. The highest BCUT2D eigenvalue weighted by atomic mass is 32.2. The van der Waals surface area contributed by atoms with Crippen LogP contribution in [-0.4, -0.2) is 54.7 Å². The van der Waals surface area contributed by atoms with Gasteiger partial charge in [-0.1, -0.05) is 26.0 Å². The van der Waals surface area contributed by atoms with E-state index < -0.39 is 10.0 Å². The summed E-state index contributed by atoms with van der Waals surface area (Å²) in [7, 11) is -3.54. The fourth-order valence-corrected chi connectivity index (χ4v) is 5.12. The van der Waals surface area contributed by atoms with E-state index in [0.717, 1.165) is 17.0 Å². The third-order valence-corrected chi connectivity index (χ3v) is 7.75. The van der Waals surface area contributed by atoms with Crippen molar-refractivity contribution in [3.05, 3.63) is 45.9 Å². The maximum atomic E-state index is 12.9. The molecule has 6 nitrogen and oxygen atoms in total. The van der Waals surface area contributed by atoms with Crippen LogP contribution >= 0.6 is 11.3 Å². The predicted molar refractivity (Wildman–Crippen MR) is 107 cm³/mol. The number of thiazole rings is 1. The van der Waals surface area contributed by atoms with Crippen LogP contribution in [0.1, 0.15) is 47.2 Å². The minimum Gasteiger partial charge on any atom is -0.335 e.